The van der Waals surface area contributed by atoms with Crippen LogP contribution in [0.3, 0.4) is 0 Å². The van der Waals surface area contributed by atoms with Gasteiger partial charge in [-0.1, -0.05) is 53.5 Å². The lowest BCUT2D eigenvalue weighted by Gasteiger charge is -2.15. The van der Waals surface area contributed by atoms with Crippen molar-refractivity contribution >= 4 is 45.7 Å². The summed E-state index contributed by atoms with van der Waals surface area (Å²) in [4.78, 5) is 39.1. The quantitative estimate of drug-likeness (QED) is 0.470. The van der Waals surface area contributed by atoms with Crippen molar-refractivity contribution in [3.05, 3.63) is 109 Å². The van der Waals surface area contributed by atoms with Crippen molar-refractivity contribution in [3.8, 4) is 0 Å². The van der Waals surface area contributed by atoms with Crippen LogP contribution in [0.2, 0.25) is 10.0 Å². The summed E-state index contributed by atoms with van der Waals surface area (Å²) < 4.78 is 2.40. The van der Waals surface area contributed by atoms with Crippen LogP contribution >= 0.6 is 23.2 Å². The van der Waals surface area contributed by atoms with Gasteiger partial charge in [0.2, 0.25) is 5.91 Å². The van der Waals surface area contributed by atoms with Gasteiger partial charge in [-0.15, -0.1) is 0 Å². The molecule has 6 nitrogen and oxygen atoms in total. The van der Waals surface area contributed by atoms with Crippen LogP contribution in [0.1, 0.15) is 11.1 Å². The number of halogens is 2. The lowest BCUT2D eigenvalue weighted by molar-refractivity contribution is -0.116. The van der Waals surface area contributed by atoms with Crippen molar-refractivity contribution in [2.45, 2.75) is 20.0 Å². The van der Waals surface area contributed by atoms with Crippen LogP contribution in [0.4, 0.5) is 5.69 Å². The Balaban J connectivity index is 1.75. The summed E-state index contributed by atoms with van der Waals surface area (Å²) in [6.45, 7) is 1.65. The van der Waals surface area contributed by atoms with Crippen molar-refractivity contribution in [1.82, 2.24) is 9.13 Å². The van der Waals surface area contributed by atoms with Gasteiger partial charge in [0.1, 0.15) is 6.54 Å². The molecular weight excluding hydrogens is 449 g/mol. The number of fused-ring (bicyclic) bond motifs is 1. The second kappa shape index (κ2) is 9.02. The summed E-state index contributed by atoms with van der Waals surface area (Å²) in [5, 5.41) is 3.99. The van der Waals surface area contributed by atoms with E-state index in [-0.39, 0.29) is 13.1 Å². The van der Waals surface area contributed by atoms with E-state index in [1.54, 1.807) is 60.7 Å². The maximum atomic E-state index is 13.3. The van der Waals surface area contributed by atoms with E-state index in [0.717, 1.165) is 10.1 Å². The fourth-order valence-electron chi connectivity index (χ4n) is 3.54. The molecule has 162 valence electrons. The minimum Gasteiger partial charge on any atom is -0.323 e. The summed E-state index contributed by atoms with van der Waals surface area (Å²) in [5.74, 6) is -0.434. The topological polar surface area (TPSA) is 73.1 Å². The van der Waals surface area contributed by atoms with Gasteiger partial charge in [0, 0.05) is 5.02 Å². The molecular formula is C24H19Cl2N3O3. The van der Waals surface area contributed by atoms with Crippen molar-refractivity contribution < 1.29 is 4.79 Å². The Kier molecular flexibility index (Phi) is 6.17. The third-order valence-corrected chi connectivity index (χ3v) is 5.61. The number of amides is 1. The van der Waals surface area contributed by atoms with Gasteiger partial charge in [0.05, 0.1) is 28.2 Å². The molecule has 0 saturated carbocycles. The first-order valence-corrected chi connectivity index (χ1v) is 10.6. The van der Waals surface area contributed by atoms with Gasteiger partial charge in [0.15, 0.2) is 0 Å². The monoisotopic (exact) mass is 467 g/mol. The molecule has 1 aromatic heterocycles. The van der Waals surface area contributed by atoms with Crippen molar-refractivity contribution in [3.63, 3.8) is 0 Å². The largest absolute Gasteiger partial charge is 0.332 e. The molecule has 1 N–H and O–H groups in total. The molecule has 0 spiro atoms. The molecule has 3 aromatic carbocycles. The molecule has 0 aliphatic rings. The third-order valence-electron chi connectivity index (χ3n) is 5.06. The molecule has 8 heteroatoms. The number of carbonyl (C=O) groups excluding carboxylic acids is 1. The van der Waals surface area contributed by atoms with Gasteiger partial charge in [0.25, 0.3) is 5.56 Å². The fourth-order valence-corrected chi connectivity index (χ4v) is 4.03. The lowest BCUT2D eigenvalue weighted by Crippen LogP contribution is -2.42. The Hall–Kier alpha value is -3.35. The molecule has 1 heterocycles. The van der Waals surface area contributed by atoms with Gasteiger partial charge in [-0.25, -0.2) is 4.79 Å². The number of aromatic nitrogens is 2. The SMILES string of the molecule is Cc1ccc(NC(=O)Cn2c(=O)n(Cc3cccc(Cl)c3)c(=O)c3ccccc32)c(Cl)c1. The second-order valence-corrected chi connectivity index (χ2v) is 8.28. The van der Waals surface area contributed by atoms with E-state index >= 15 is 0 Å². The van der Waals surface area contributed by atoms with E-state index in [4.69, 9.17) is 23.2 Å². The fraction of sp³-hybridized carbons (Fsp3) is 0.125. The van der Waals surface area contributed by atoms with Crippen LogP contribution < -0.4 is 16.6 Å². The van der Waals surface area contributed by atoms with E-state index in [0.29, 0.717) is 32.2 Å². The molecule has 0 fully saturated rings. The van der Waals surface area contributed by atoms with E-state index in [2.05, 4.69) is 5.32 Å². The number of hydrogen-bond donors (Lipinski definition) is 1. The van der Waals surface area contributed by atoms with Crippen LogP contribution in [0.15, 0.2) is 76.3 Å². The summed E-state index contributed by atoms with van der Waals surface area (Å²) in [6, 6.07) is 18.9. The first-order chi connectivity index (χ1) is 15.3. The molecule has 4 rings (SSSR count). The Labute approximate surface area is 193 Å². The first-order valence-electron chi connectivity index (χ1n) is 9.86. The summed E-state index contributed by atoms with van der Waals surface area (Å²) in [7, 11) is 0. The average molecular weight is 468 g/mol. The lowest BCUT2D eigenvalue weighted by atomic mass is 10.2. The second-order valence-electron chi connectivity index (χ2n) is 7.44. The Morgan fingerprint density at radius 3 is 2.47 bits per heavy atom. The minimum absolute atomic E-state index is 0.0362. The number of nitrogens with zero attached hydrogens (tertiary/aromatic N) is 2. The maximum absolute atomic E-state index is 13.3. The van der Waals surface area contributed by atoms with E-state index in [1.807, 2.05) is 13.0 Å². The Morgan fingerprint density at radius 1 is 0.938 bits per heavy atom. The van der Waals surface area contributed by atoms with Crippen LogP contribution in [-0.2, 0) is 17.9 Å². The molecule has 4 aromatic rings. The number of benzene rings is 3. The smallest absolute Gasteiger partial charge is 0.323 e. The third kappa shape index (κ3) is 4.47. The highest BCUT2D eigenvalue weighted by Crippen LogP contribution is 2.22. The summed E-state index contributed by atoms with van der Waals surface area (Å²) >= 11 is 12.3. The summed E-state index contributed by atoms with van der Waals surface area (Å²) in [6.07, 6.45) is 0. The zero-order valence-corrected chi connectivity index (χ0v) is 18.7. The summed E-state index contributed by atoms with van der Waals surface area (Å²) in [5.41, 5.74) is 1.49. The van der Waals surface area contributed by atoms with Crippen molar-refractivity contribution in [1.29, 1.82) is 0 Å². The Morgan fingerprint density at radius 2 is 1.72 bits per heavy atom. The highest BCUT2D eigenvalue weighted by Gasteiger charge is 2.16. The van der Waals surface area contributed by atoms with Gasteiger partial charge in [-0.2, -0.15) is 0 Å². The normalized spacial score (nSPS) is 11.0. The van der Waals surface area contributed by atoms with Crippen molar-refractivity contribution in [2.24, 2.45) is 0 Å². The molecule has 0 radical (unpaired) electrons. The van der Waals surface area contributed by atoms with Crippen LogP contribution in [0.5, 0.6) is 0 Å². The average Bonchev–Trinajstić information content (AvgIpc) is 2.76. The van der Waals surface area contributed by atoms with Crippen molar-refractivity contribution in [2.75, 3.05) is 5.32 Å². The van der Waals surface area contributed by atoms with E-state index in [1.165, 1.54) is 4.57 Å². The number of hydrogen-bond acceptors (Lipinski definition) is 3. The van der Waals surface area contributed by atoms with Gasteiger partial charge in [-0.05, 0) is 54.4 Å². The molecule has 0 aliphatic heterocycles. The highest BCUT2D eigenvalue weighted by atomic mass is 35.5. The van der Waals surface area contributed by atoms with E-state index in [9.17, 15) is 14.4 Å². The highest BCUT2D eigenvalue weighted by molar-refractivity contribution is 6.33. The zero-order chi connectivity index (χ0) is 22.8. The van der Waals surface area contributed by atoms with Crippen LogP contribution in [0, 0.1) is 6.92 Å². The predicted molar refractivity (Wildman–Crippen MR) is 128 cm³/mol. The number of aryl methyl sites for hydroxylation is 1. The maximum Gasteiger partial charge on any atom is 0.332 e. The Bertz CT molecular complexity index is 1460. The number of anilines is 1. The number of carbonyl (C=O) groups is 1. The number of nitrogens with one attached hydrogen (secondary N) is 1. The standard InChI is InChI=1S/C24H19Cl2N3O3/c1-15-9-10-20(19(26)11-15)27-22(30)14-28-21-8-3-2-7-18(21)23(31)29(24(28)32)13-16-5-4-6-17(25)12-16/h2-12H,13-14H2,1H3,(H,27,30). The van der Waals surface area contributed by atoms with Crippen LogP contribution in [0.25, 0.3) is 10.9 Å². The number of para-hydroxylation sites is 1. The zero-order valence-electron chi connectivity index (χ0n) is 17.1. The number of rotatable bonds is 5. The molecule has 0 aliphatic carbocycles. The molecule has 32 heavy (non-hydrogen) atoms. The van der Waals surface area contributed by atoms with E-state index < -0.39 is 17.2 Å². The van der Waals surface area contributed by atoms with Gasteiger partial charge < -0.3 is 5.32 Å². The molecule has 0 unspecified atom stereocenters. The molecule has 0 atom stereocenters. The van der Waals surface area contributed by atoms with Gasteiger partial charge >= 0.3 is 5.69 Å². The van der Waals surface area contributed by atoms with Gasteiger partial charge in [-0.3, -0.25) is 18.7 Å². The molecule has 1 amide bonds. The minimum atomic E-state index is -0.584. The van der Waals surface area contributed by atoms with Crippen LogP contribution in [-0.4, -0.2) is 15.0 Å². The predicted octanol–water partition coefficient (Wildman–Crippen LogP) is 4.47. The molecule has 0 saturated heterocycles. The first kappa shape index (κ1) is 21.9. The molecule has 0 bridgehead atoms.